The van der Waals surface area contributed by atoms with Crippen LogP contribution in [0.3, 0.4) is 0 Å². The first-order valence-electron chi connectivity index (χ1n) is 7.75. The zero-order valence-corrected chi connectivity index (χ0v) is 13.3. The normalized spacial score (nSPS) is 15.7. The van der Waals surface area contributed by atoms with Gasteiger partial charge >= 0.3 is 0 Å². The molecule has 0 N–H and O–H groups in total. The summed E-state index contributed by atoms with van der Waals surface area (Å²) >= 11 is 1.65. The van der Waals surface area contributed by atoms with E-state index in [9.17, 15) is 0 Å². The van der Waals surface area contributed by atoms with Crippen LogP contribution in [-0.4, -0.2) is 34.5 Å². The first-order chi connectivity index (χ1) is 11.9. The SMILES string of the molecule is c1nc2n(n1)Cc1c(-c3nc(C4CC4)no3)ncn1-c1sccc1-2. The molecule has 1 aliphatic heterocycles. The molecule has 6 rings (SSSR count). The molecule has 0 unspecified atom stereocenters. The van der Waals surface area contributed by atoms with Crippen molar-refractivity contribution in [3.63, 3.8) is 0 Å². The van der Waals surface area contributed by atoms with Crippen molar-refractivity contribution in [2.45, 2.75) is 25.3 Å². The molecule has 4 aromatic rings. The Labute approximate surface area is 139 Å². The molecule has 2 aliphatic rings. The third kappa shape index (κ3) is 1.64. The lowest BCUT2D eigenvalue weighted by Crippen LogP contribution is -2.05. The summed E-state index contributed by atoms with van der Waals surface area (Å²) in [5, 5.41) is 11.6. The third-order valence-electron chi connectivity index (χ3n) is 4.47. The Hall–Kier alpha value is -2.81. The molecule has 0 spiro atoms. The average Bonchev–Trinajstić information content (AvgIpc) is 3.04. The van der Waals surface area contributed by atoms with Crippen LogP contribution in [-0.2, 0) is 6.54 Å². The zero-order valence-electron chi connectivity index (χ0n) is 12.5. The van der Waals surface area contributed by atoms with Crippen LogP contribution in [0.2, 0.25) is 0 Å². The van der Waals surface area contributed by atoms with Gasteiger partial charge in [-0.2, -0.15) is 10.1 Å². The van der Waals surface area contributed by atoms with E-state index in [2.05, 4.69) is 41.2 Å². The Morgan fingerprint density at radius 3 is 3.12 bits per heavy atom. The van der Waals surface area contributed by atoms with E-state index in [4.69, 9.17) is 4.52 Å². The van der Waals surface area contributed by atoms with Gasteiger partial charge in [0, 0.05) is 5.92 Å². The molecule has 0 atom stereocenters. The van der Waals surface area contributed by atoms with Crippen LogP contribution in [0.1, 0.15) is 30.3 Å². The summed E-state index contributed by atoms with van der Waals surface area (Å²) in [7, 11) is 0. The first kappa shape index (κ1) is 12.6. The molecule has 1 aliphatic carbocycles. The van der Waals surface area contributed by atoms with Crippen LogP contribution >= 0.6 is 11.3 Å². The summed E-state index contributed by atoms with van der Waals surface area (Å²) in [6.45, 7) is 0.563. The standard InChI is InChI=1S/C15H11N7OS/c1-2-8(1)12-19-14(23-20-12)11-10-5-22-13(16-6-18-22)9-3-4-24-15(9)21(10)7-17-11/h3-4,6-8H,1-2,5H2. The topological polar surface area (TPSA) is 87.4 Å². The lowest BCUT2D eigenvalue weighted by molar-refractivity contribution is 0.421. The van der Waals surface area contributed by atoms with Crippen molar-refractivity contribution in [3.8, 4) is 28.0 Å². The second-order valence-electron chi connectivity index (χ2n) is 6.02. The molecule has 0 saturated heterocycles. The molecule has 1 fully saturated rings. The minimum absolute atomic E-state index is 0.453. The van der Waals surface area contributed by atoms with Gasteiger partial charge in [-0.05, 0) is 24.3 Å². The van der Waals surface area contributed by atoms with Gasteiger partial charge in [-0.1, -0.05) is 5.16 Å². The smallest absolute Gasteiger partial charge is 0.278 e. The fraction of sp³-hybridized carbons (Fsp3) is 0.267. The maximum absolute atomic E-state index is 5.48. The molecule has 0 aromatic carbocycles. The maximum Gasteiger partial charge on any atom is 0.278 e. The van der Waals surface area contributed by atoms with Crippen LogP contribution in [0.15, 0.2) is 28.6 Å². The average molecular weight is 337 g/mol. The van der Waals surface area contributed by atoms with E-state index in [1.807, 2.05) is 11.0 Å². The van der Waals surface area contributed by atoms with Crippen LogP contribution in [0, 0.1) is 0 Å². The highest BCUT2D eigenvalue weighted by molar-refractivity contribution is 7.13. The molecular weight excluding hydrogens is 326 g/mol. The van der Waals surface area contributed by atoms with Gasteiger partial charge in [-0.3, -0.25) is 4.57 Å². The minimum atomic E-state index is 0.453. The summed E-state index contributed by atoms with van der Waals surface area (Å²) in [6, 6.07) is 2.06. The molecule has 0 amide bonds. The predicted octanol–water partition coefficient (Wildman–Crippen LogP) is 2.48. The summed E-state index contributed by atoms with van der Waals surface area (Å²) in [4.78, 5) is 13.5. The monoisotopic (exact) mass is 337 g/mol. The molecule has 5 heterocycles. The number of aromatic nitrogens is 7. The van der Waals surface area contributed by atoms with Crippen LogP contribution < -0.4 is 0 Å². The first-order valence-corrected chi connectivity index (χ1v) is 8.62. The minimum Gasteiger partial charge on any atom is -0.332 e. The number of nitrogens with zero attached hydrogens (tertiary/aromatic N) is 7. The molecular formula is C15H11N7OS. The maximum atomic E-state index is 5.48. The van der Waals surface area contributed by atoms with Crippen molar-refractivity contribution < 1.29 is 4.52 Å². The van der Waals surface area contributed by atoms with Gasteiger partial charge in [0.15, 0.2) is 17.3 Å². The van der Waals surface area contributed by atoms with Crippen molar-refractivity contribution in [1.29, 1.82) is 0 Å². The van der Waals surface area contributed by atoms with E-state index in [0.29, 0.717) is 18.4 Å². The van der Waals surface area contributed by atoms with E-state index in [0.717, 1.165) is 46.4 Å². The molecule has 8 nitrogen and oxygen atoms in total. The summed E-state index contributed by atoms with van der Waals surface area (Å²) < 4.78 is 9.44. The van der Waals surface area contributed by atoms with E-state index in [1.54, 1.807) is 17.7 Å². The van der Waals surface area contributed by atoms with Crippen molar-refractivity contribution >= 4 is 11.3 Å². The quantitative estimate of drug-likeness (QED) is 0.492. The van der Waals surface area contributed by atoms with Crippen LogP contribution in [0.4, 0.5) is 0 Å². The summed E-state index contributed by atoms with van der Waals surface area (Å²) in [6.07, 6.45) is 5.68. The van der Waals surface area contributed by atoms with Crippen molar-refractivity contribution in [2.24, 2.45) is 0 Å². The Balaban J connectivity index is 1.56. The Morgan fingerprint density at radius 1 is 1.25 bits per heavy atom. The van der Waals surface area contributed by atoms with E-state index in [1.165, 1.54) is 0 Å². The number of hydrogen-bond donors (Lipinski definition) is 0. The van der Waals surface area contributed by atoms with E-state index >= 15 is 0 Å². The highest BCUT2D eigenvalue weighted by Gasteiger charge is 2.31. The number of fused-ring (bicyclic) bond motifs is 5. The lowest BCUT2D eigenvalue weighted by Gasteiger charge is -2.04. The van der Waals surface area contributed by atoms with Gasteiger partial charge in [-0.15, -0.1) is 11.3 Å². The molecule has 1 saturated carbocycles. The fourth-order valence-corrected chi connectivity index (χ4v) is 4.00. The molecule has 118 valence electrons. The third-order valence-corrected chi connectivity index (χ3v) is 5.38. The molecule has 0 bridgehead atoms. The fourth-order valence-electron chi connectivity index (χ4n) is 3.11. The molecule has 0 radical (unpaired) electrons. The highest BCUT2D eigenvalue weighted by Crippen LogP contribution is 2.40. The van der Waals surface area contributed by atoms with Crippen LogP contribution in [0.5, 0.6) is 0 Å². The number of hydrogen-bond acceptors (Lipinski definition) is 7. The van der Waals surface area contributed by atoms with Gasteiger partial charge in [0.2, 0.25) is 0 Å². The number of imidazole rings is 1. The van der Waals surface area contributed by atoms with Crippen molar-refractivity contribution in [2.75, 3.05) is 0 Å². The Bertz CT molecular complexity index is 1070. The zero-order chi connectivity index (χ0) is 15.7. The number of thiophene rings is 1. The van der Waals surface area contributed by atoms with Crippen LogP contribution in [0.25, 0.3) is 28.0 Å². The van der Waals surface area contributed by atoms with Gasteiger partial charge in [-0.25, -0.2) is 14.6 Å². The van der Waals surface area contributed by atoms with E-state index in [-0.39, 0.29) is 0 Å². The van der Waals surface area contributed by atoms with Gasteiger partial charge in [0.25, 0.3) is 5.89 Å². The Kier molecular flexibility index (Phi) is 2.30. The second kappa shape index (κ2) is 4.38. The summed E-state index contributed by atoms with van der Waals surface area (Å²) in [5.74, 6) is 2.59. The lowest BCUT2D eigenvalue weighted by atomic mass is 10.3. The molecule has 9 heteroatoms. The Morgan fingerprint density at radius 2 is 2.21 bits per heavy atom. The predicted molar refractivity (Wildman–Crippen MR) is 84.8 cm³/mol. The number of rotatable bonds is 2. The van der Waals surface area contributed by atoms with Crippen molar-refractivity contribution in [3.05, 3.63) is 35.6 Å². The summed E-state index contributed by atoms with van der Waals surface area (Å²) in [5.41, 5.74) is 2.76. The van der Waals surface area contributed by atoms with Crippen molar-refractivity contribution in [1.82, 2.24) is 34.5 Å². The van der Waals surface area contributed by atoms with Gasteiger partial charge < -0.3 is 4.52 Å². The second-order valence-corrected chi connectivity index (χ2v) is 6.92. The molecule has 4 aromatic heterocycles. The highest BCUT2D eigenvalue weighted by atomic mass is 32.1. The van der Waals surface area contributed by atoms with E-state index < -0.39 is 0 Å². The van der Waals surface area contributed by atoms with Gasteiger partial charge in [0.05, 0.1) is 17.8 Å². The largest absolute Gasteiger partial charge is 0.332 e. The van der Waals surface area contributed by atoms with Gasteiger partial charge in [0.1, 0.15) is 17.7 Å². The molecule has 24 heavy (non-hydrogen) atoms.